The molecule has 0 aromatic carbocycles. The molecule has 0 aliphatic rings. The molecular weight excluding hydrogens is 836 g/mol. The Balaban J connectivity index is 6.87. The number of nitrogens with one attached hydrogen (secondary N) is 1. The van der Waals surface area contributed by atoms with E-state index in [0.29, 0.717) is 38.8 Å². The average molecular weight is 862 g/mol. The predicted molar refractivity (Wildman–Crippen MR) is 128 cm³/mol. The minimum absolute atomic E-state index is 0.0508. The van der Waals surface area contributed by atoms with E-state index in [9.17, 15) is 110 Å². The summed E-state index contributed by atoms with van der Waals surface area (Å²) in [6.07, 6.45) is -61.6. The third kappa shape index (κ3) is 10.9. The Morgan fingerprint density at radius 1 is 0.519 bits per heavy atom. The maximum atomic E-state index is 14.8. The van der Waals surface area contributed by atoms with Crippen molar-refractivity contribution in [2.45, 2.75) is 119 Å². The molecule has 1 amide bonds. The van der Waals surface area contributed by atoms with Gasteiger partial charge in [-0.3, -0.25) is 19.0 Å². The number of nitrogens with zero attached hydrogens (tertiary/aromatic N) is 1. The number of rotatable bonds is 21. The van der Waals surface area contributed by atoms with Gasteiger partial charge in [0.25, 0.3) is 5.91 Å². The molecule has 0 bridgehead atoms. The van der Waals surface area contributed by atoms with E-state index in [0.717, 1.165) is 10.1 Å². The van der Waals surface area contributed by atoms with Crippen molar-refractivity contribution in [3.8, 4) is 0 Å². The van der Waals surface area contributed by atoms with Crippen LogP contribution < -0.4 is 5.32 Å². The largest absolute Gasteiger partial charge is 0.462 e. The Morgan fingerprint density at radius 2 is 0.870 bits per heavy atom. The summed E-state index contributed by atoms with van der Waals surface area (Å²) in [5.41, 5.74) is 0. The van der Waals surface area contributed by atoms with Gasteiger partial charge < -0.3 is 10.2 Å². The number of ether oxygens (including phenoxy) is 3. The highest BCUT2D eigenvalue weighted by molar-refractivity contribution is 5.81. The van der Waals surface area contributed by atoms with Crippen LogP contribution in [0.2, 0.25) is 0 Å². The second-order valence-corrected chi connectivity index (χ2v) is 10.8. The lowest BCUT2D eigenvalue weighted by atomic mass is 10.1. The van der Waals surface area contributed by atoms with Crippen molar-refractivity contribution in [1.82, 2.24) is 10.2 Å². The third-order valence-electron chi connectivity index (χ3n) is 6.56. The van der Waals surface area contributed by atoms with Crippen molar-refractivity contribution in [2.24, 2.45) is 0 Å². The summed E-state index contributed by atoms with van der Waals surface area (Å²) < 4.78 is 328. The molecule has 4 atom stereocenters. The van der Waals surface area contributed by atoms with Crippen molar-refractivity contribution in [3.05, 3.63) is 0 Å². The van der Waals surface area contributed by atoms with Gasteiger partial charge in [-0.2, -0.15) is 101 Å². The molecule has 1 N–H and O–H groups in total. The van der Waals surface area contributed by atoms with Gasteiger partial charge in [0.15, 0.2) is 0 Å². The molecule has 30 heteroatoms. The zero-order valence-electron chi connectivity index (χ0n) is 26.6. The molecule has 0 heterocycles. The lowest BCUT2D eigenvalue weighted by Gasteiger charge is -2.43. The van der Waals surface area contributed by atoms with Crippen molar-refractivity contribution in [1.29, 1.82) is 0 Å². The molecule has 0 aliphatic heterocycles. The van der Waals surface area contributed by atoms with Crippen LogP contribution in [-0.2, 0) is 19.0 Å². The summed E-state index contributed by atoms with van der Waals surface area (Å²) in [6, 6.07) is 0. The second-order valence-electron chi connectivity index (χ2n) is 10.8. The number of carbonyl (C=O) groups excluding carboxylic acids is 1. The molecule has 6 nitrogen and oxygen atoms in total. The van der Waals surface area contributed by atoms with E-state index in [2.05, 4.69) is 0 Å². The number of amides is 1. The molecule has 0 rings (SSSR count). The maximum Gasteiger partial charge on any atom is 0.462 e. The quantitative estimate of drug-likeness (QED) is 0.0922. The number of unbranched alkanes of at least 4 members (excludes halogenated alkanes) is 2. The smallest absolute Gasteiger partial charge is 0.353 e. The van der Waals surface area contributed by atoms with Crippen LogP contribution in [0.1, 0.15) is 46.0 Å². The molecule has 0 saturated carbocycles. The molecule has 0 aromatic heterocycles. The fraction of sp³-hybridized carbons (Fsp3) is 0.958. The van der Waals surface area contributed by atoms with Gasteiger partial charge in [0.1, 0.15) is 0 Å². The number of halogens is 24. The topological polar surface area (TPSA) is 60.0 Å². The number of carbonyl (C=O) groups is 1. The van der Waals surface area contributed by atoms with Crippen molar-refractivity contribution in [3.63, 3.8) is 0 Å². The average Bonchev–Trinajstić information content (AvgIpc) is 2.96. The van der Waals surface area contributed by atoms with E-state index in [1.54, 1.807) is 23.5 Å². The van der Waals surface area contributed by atoms with Gasteiger partial charge in [-0.15, -0.1) is 0 Å². The summed E-state index contributed by atoms with van der Waals surface area (Å²) in [7, 11) is 0. The van der Waals surface area contributed by atoms with E-state index in [4.69, 9.17) is 0 Å². The van der Waals surface area contributed by atoms with E-state index >= 15 is 0 Å². The van der Waals surface area contributed by atoms with Crippen LogP contribution in [0, 0.1) is 0 Å². The molecule has 54 heavy (non-hydrogen) atoms. The monoisotopic (exact) mass is 862 g/mol. The highest BCUT2D eigenvalue weighted by atomic mass is 19.4. The number of hydrogen-bond donors (Lipinski definition) is 1. The predicted octanol–water partition coefficient (Wildman–Crippen LogP) is 9.44. The number of hydrogen-bond acceptors (Lipinski definition) is 5. The van der Waals surface area contributed by atoms with Crippen LogP contribution >= 0.6 is 0 Å². The van der Waals surface area contributed by atoms with E-state index in [-0.39, 0.29) is 13.0 Å². The first-order valence-corrected chi connectivity index (χ1v) is 14.3. The van der Waals surface area contributed by atoms with Gasteiger partial charge in [0.2, 0.25) is 6.17 Å². The van der Waals surface area contributed by atoms with Gasteiger partial charge in [-0.05, 0) is 38.9 Å². The lowest BCUT2D eigenvalue weighted by molar-refractivity contribution is -0.580. The van der Waals surface area contributed by atoms with E-state index < -0.39 is 85.1 Å². The van der Waals surface area contributed by atoms with Crippen LogP contribution in [0.3, 0.4) is 0 Å². The maximum absolute atomic E-state index is 14.8. The highest BCUT2D eigenvalue weighted by Crippen LogP contribution is 2.59. The van der Waals surface area contributed by atoms with Crippen LogP contribution in [-0.4, -0.2) is 110 Å². The molecule has 0 radical (unpaired) electrons. The number of alkyl halides is 24. The fourth-order valence-corrected chi connectivity index (χ4v) is 3.59. The normalized spacial score (nSPS) is 18.6. The molecule has 324 valence electrons. The first-order valence-electron chi connectivity index (χ1n) is 14.3. The first kappa shape index (κ1) is 51.6. The highest BCUT2D eigenvalue weighted by Gasteiger charge is 2.88. The zero-order valence-corrected chi connectivity index (χ0v) is 26.6. The van der Waals surface area contributed by atoms with Gasteiger partial charge in [-0.1, -0.05) is 26.7 Å². The Bertz CT molecular complexity index is 1200. The lowest BCUT2D eigenvalue weighted by Crippen LogP contribution is -2.71. The molecule has 0 spiro atoms. The summed E-state index contributed by atoms with van der Waals surface area (Å²) in [6.45, 7) is 3.24. The van der Waals surface area contributed by atoms with Crippen molar-refractivity contribution >= 4 is 5.91 Å². The van der Waals surface area contributed by atoms with Crippen molar-refractivity contribution in [2.75, 3.05) is 26.2 Å². The molecular formula is C24H26F24N2O4. The fourth-order valence-electron chi connectivity index (χ4n) is 3.59. The Kier molecular flexibility index (Phi) is 16.3. The van der Waals surface area contributed by atoms with E-state index in [1.165, 1.54) is 4.74 Å². The van der Waals surface area contributed by atoms with Gasteiger partial charge in [0.05, 0.1) is 0 Å². The molecule has 4 unspecified atom stereocenters. The molecule has 0 aliphatic carbocycles. The van der Waals surface area contributed by atoms with E-state index in [1.807, 2.05) is 0 Å². The molecule has 0 fully saturated rings. The first-order chi connectivity index (χ1) is 23.7. The molecule has 0 saturated heterocycles. The summed E-state index contributed by atoms with van der Waals surface area (Å²) in [5, 5.41) is 1.13. The van der Waals surface area contributed by atoms with Crippen LogP contribution in [0.25, 0.3) is 0 Å². The van der Waals surface area contributed by atoms with Crippen molar-refractivity contribution < 1.29 is 124 Å². The van der Waals surface area contributed by atoms with Gasteiger partial charge in [0, 0.05) is 6.54 Å². The minimum Gasteiger partial charge on any atom is -0.353 e. The summed E-state index contributed by atoms with van der Waals surface area (Å²) >= 11 is 0. The SMILES string of the molecule is CCCCN(CCCC)CCCNC(=O)C(F)C(F)(OC(F)(F)C(F)(OC(F)(F)C(F)(OC(F)(F)C(F)(F)C(F)(F)F)C(F)(F)F)C(F)(F)F)C(F)(F)F. The van der Waals surface area contributed by atoms with Crippen LogP contribution in [0.15, 0.2) is 0 Å². The summed E-state index contributed by atoms with van der Waals surface area (Å²) in [4.78, 5) is 13.6. The zero-order chi connectivity index (χ0) is 43.4. The Labute approximate surface area is 286 Å². The van der Waals surface area contributed by atoms with Crippen LogP contribution in [0.4, 0.5) is 105 Å². The second kappa shape index (κ2) is 17.0. The molecule has 0 aromatic rings. The minimum atomic E-state index is -8.82. The third-order valence-corrected chi connectivity index (χ3v) is 6.56. The van der Waals surface area contributed by atoms with Crippen LogP contribution in [0.5, 0.6) is 0 Å². The Hall–Kier alpha value is -2.37. The van der Waals surface area contributed by atoms with Gasteiger partial charge >= 0.3 is 66.5 Å². The summed E-state index contributed by atoms with van der Waals surface area (Å²) in [5.74, 6) is -36.2. The Morgan fingerprint density at radius 3 is 1.20 bits per heavy atom. The van der Waals surface area contributed by atoms with Gasteiger partial charge in [-0.25, -0.2) is 4.39 Å². The standard InChI is InChI=1S/C24H26F24N2O4/c1-3-5-9-50(10-6-4-2)11-7-8-49-13(51)12(25)14(26,18(31,32)33)52-23(45,46)16(29,20(37,38)39)54-24(47,48)17(30,21(40,41)42)53-22(43,44)15(27,28)19(34,35)36/h12H,3-11H2,1-2H3,(H,49,51).